The maximum atomic E-state index is 12.5. The topological polar surface area (TPSA) is 94.1 Å². The zero-order chi connectivity index (χ0) is 39.1. The van der Waals surface area contributed by atoms with Crippen LogP contribution in [0.3, 0.4) is 0 Å². The molecule has 0 saturated carbocycles. The predicted molar refractivity (Wildman–Crippen MR) is 222 cm³/mol. The van der Waals surface area contributed by atoms with Crippen LogP contribution in [-0.4, -0.2) is 70.7 Å². The molecule has 0 aliphatic heterocycles. The Kier molecular flexibility index (Phi) is 36.7. The highest BCUT2D eigenvalue weighted by Crippen LogP contribution is 2.38. The summed E-state index contributed by atoms with van der Waals surface area (Å²) in [6.07, 6.45) is 43.0. The molecule has 53 heavy (non-hydrogen) atoms. The lowest BCUT2D eigenvalue weighted by molar-refractivity contribution is -0.870. The lowest BCUT2D eigenvalue weighted by atomic mass is 10.0. The molecular formula is C44H84NO7P. The van der Waals surface area contributed by atoms with E-state index in [0.717, 1.165) is 64.2 Å². The average Bonchev–Trinajstić information content (AvgIpc) is 3.11. The van der Waals surface area contributed by atoms with E-state index in [4.69, 9.17) is 18.5 Å². The van der Waals surface area contributed by atoms with Crippen molar-refractivity contribution in [2.75, 3.05) is 54.1 Å². The minimum atomic E-state index is -4.49. The first-order valence-electron chi connectivity index (χ1n) is 21.7. The minimum absolute atomic E-state index is 0.0365. The Balaban J connectivity index is 4.27. The lowest BCUT2D eigenvalue weighted by Gasteiger charge is -2.28. The number of likely N-dealkylation sites (N-methyl/N-ethyl adjacent to an activating group) is 1. The standard InChI is InChI=1S/C44H84NO7P/c1-6-8-10-12-14-16-18-20-22-23-24-25-27-29-31-33-35-37-44(46)50-41-43(42-52-53(47,48)51-40-38-45(3,4)5)49-39-36-34-32-30-28-26-21-19-17-15-13-11-9-7-2/h14,16,20,22,24-25,43H,6-13,15,17-19,21,23,26-42H2,1-5H3/b16-14-,22-20-,25-24-/t43-/m1/s1. The van der Waals surface area contributed by atoms with Crippen molar-refractivity contribution in [1.82, 2.24) is 0 Å². The first-order chi connectivity index (χ1) is 25.6. The summed E-state index contributed by atoms with van der Waals surface area (Å²) in [5.74, 6) is -0.290. The van der Waals surface area contributed by atoms with Crippen LogP contribution in [0.5, 0.6) is 0 Å². The van der Waals surface area contributed by atoms with E-state index in [1.165, 1.54) is 96.3 Å². The van der Waals surface area contributed by atoms with Gasteiger partial charge in [-0.3, -0.25) is 9.36 Å². The highest BCUT2D eigenvalue weighted by atomic mass is 31.2. The minimum Gasteiger partial charge on any atom is -0.756 e. The lowest BCUT2D eigenvalue weighted by Crippen LogP contribution is -2.37. The zero-order valence-electron chi connectivity index (χ0n) is 35.2. The van der Waals surface area contributed by atoms with Crippen molar-refractivity contribution in [1.29, 1.82) is 0 Å². The number of allylic oxidation sites excluding steroid dienone is 6. The normalized spacial score (nSPS) is 14.2. The molecule has 0 aromatic heterocycles. The summed E-state index contributed by atoms with van der Waals surface area (Å²) >= 11 is 0. The summed E-state index contributed by atoms with van der Waals surface area (Å²) in [6.45, 7) is 5.25. The van der Waals surface area contributed by atoms with Gasteiger partial charge >= 0.3 is 5.97 Å². The summed E-state index contributed by atoms with van der Waals surface area (Å²) < 4.78 is 34.6. The summed E-state index contributed by atoms with van der Waals surface area (Å²) in [5, 5.41) is 0. The molecule has 0 amide bonds. The highest BCUT2D eigenvalue weighted by molar-refractivity contribution is 7.45. The van der Waals surface area contributed by atoms with Crippen LogP contribution in [0.4, 0.5) is 0 Å². The van der Waals surface area contributed by atoms with Crippen molar-refractivity contribution >= 4 is 13.8 Å². The molecule has 0 N–H and O–H groups in total. The molecule has 0 rings (SSSR count). The van der Waals surface area contributed by atoms with E-state index in [1.807, 2.05) is 21.1 Å². The van der Waals surface area contributed by atoms with Crippen molar-refractivity contribution in [3.8, 4) is 0 Å². The van der Waals surface area contributed by atoms with E-state index in [0.29, 0.717) is 24.1 Å². The van der Waals surface area contributed by atoms with Gasteiger partial charge in [-0.15, -0.1) is 0 Å². The quantitative estimate of drug-likeness (QED) is 0.0201. The van der Waals surface area contributed by atoms with Crippen molar-refractivity contribution in [3.05, 3.63) is 36.5 Å². The third-order valence-corrected chi connectivity index (χ3v) is 10.2. The Morgan fingerprint density at radius 3 is 1.58 bits per heavy atom. The predicted octanol–water partition coefficient (Wildman–Crippen LogP) is 12.0. The number of hydrogen-bond donors (Lipinski definition) is 0. The molecule has 9 heteroatoms. The Hall–Kier alpha value is -1.28. The van der Waals surface area contributed by atoms with Crippen LogP contribution >= 0.6 is 7.82 Å². The Bertz CT molecular complexity index is 947. The third kappa shape index (κ3) is 41.7. The maximum absolute atomic E-state index is 12.5. The van der Waals surface area contributed by atoms with Crippen molar-refractivity contribution in [2.45, 2.75) is 187 Å². The molecule has 0 radical (unpaired) electrons. The fraction of sp³-hybridized carbons (Fsp3) is 0.841. The van der Waals surface area contributed by atoms with Crippen LogP contribution in [0, 0.1) is 0 Å². The number of carbonyl (C=O) groups is 1. The monoisotopic (exact) mass is 770 g/mol. The molecule has 0 aliphatic carbocycles. The molecule has 8 nitrogen and oxygen atoms in total. The van der Waals surface area contributed by atoms with Gasteiger partial charge in [-0.2, -0.15) is 0 Å². The molecule has 2 atom stereocenters. The first kappa shape index (κ1) is 51.7. The molecule has 0 bridgehead atoms. The second-order valence-electron chi connectivity index (χ2n) is 15.7. The molecule has 1 unspecified atom stereocenters. The summed E-state index contributed by atoms with van der Waals surface area (Å²) in [5.41, 5.74) is 0. The van der Waals surface area contributed by atoms with Crippen LogP contribution in [0.25, 0.3) is 0 Å². The van der Waals surface area contributed by atoms with Gasteiger partial charge in [0.05, 0.1) is 27.7 Å². The highest BCUT2D eigenvalue weighted by Gasteiger charge is 2.19. The Morgan fingerprint density at radius 1 is 0.585 bits per heavy atom. The molecular weight excluding hydrogens is 685 g/mol. The fourth-order valence-electron chi connectivity index (χ4n) is 5.76. The van der Waals surface area contributed by atoms with Crippen LogP contribution in [0.1, 0.15) is 181 Å². The van der Waals surface area contributed by atoms with E-state index >= 15 is 0 Å². The zero-order valence-corrected chi connectivity index (χ0v) is 36.1. The number of ether oxygens (including phenoxy) is 2. The molecule has 0 saturated heterocycles. The van der Waals surface area contributed by atoms with Gasteiger partial charge in [0.25, 0.3) is 7.82 Å². The van der Waals surface area contributed by atoms with Gasteiger partial charge < -0.3 is 27.9 Å². The average molecular weight is 770 g/mol. The number of nitrogens with zero attached hydrogens (tertiary/aromatic N) is 1. The van der Waals surface area contributed by atoms with Gasteiger partial charge in [0, 0.05) is 13.0 Å². The van der Waals surface area contributed by atoms with Gasteiger partial charge in [-0.25, -0.2) is 0 Å². The number of rotatable bonds is 40. The molecule has 0 fully saturated rings. The van der Waals surface area contributed by atoms with Crippen LogP contribution in [-0.2, 0) is 27.9 Å². The van der Waals surface area contributed by atoms with Crippen LogP contribution < -0.4 is 4.89 Å². The molecule has 0 aromatic rings. The second kappa shape index (κ2) is 37.6. The van der Waals surface area contributed by atoms with Gasteiger partial charge in [0.15, 0.2) is 0 Å². The van der Waals surface area contributed by atoms with E-state index in [9.17, 15) is 14.3 Å². The first-order valence-corrected chi connectivity index (χ1v) is 23.2. The molecule has 0 spiro atoms. The largest absolute Gasteiger partial charge is 0.756 e. The van der Waals surface area contributed by atoms with Gasteiger partial charge in [0.1, 0.15) is 25.9 Å². The molecule has 0 aromatic carbocycles. The van der Waals surface area contributed by atoms with E-state index in [1.54, 1.807) is 0 Å². The SMILES string of the molecule is CCCCC/C=C\C/C=C\C/C=C\CCCCCCC(=O)OC[C@H](COP(=O)([O-])OCC[N+](C)(C)C)OCCCCCCCCCCCCCCCC. The fourth-order valence-corrected chi connectivity index (χ4v) is 6.49. The van der Waals surface area contributed by atoms with Gasteiger partial charge in [-0.1, -0.05) is 159 Å². The van der Waals surface area contributed by atoms with Crippen LogP contribution in [0.15, 0.2) is 36.5 Å². The Labute approximate surface area is 327 Å². The summed E-state index contributed by atoms with van der Waals surface area (Å²) in [6, 6.07) is 0. The number of esters is 1. The number of quaternary nitrogens is 1. The van der Waals surface area contributed by atoms with Gasteiger partial charge in [0.2, 0.25) is 0 Å². The molecule has 0 heterocycles. The maximum Gasteiger partial charge on any atom is 0.305 e. The second-order valence-corrected chi connectivity index (χ2v) is 17.1. The van der Waals surface area contributed by atoms with E-state index in [-0.39, 0.29) is 25.8 Å². The van der Waals surface area contributed by atoms with Crippen LogP contribution in [0.2, 0.25) is 0 Å². The number of hydrogen-bond acceptors (Lipinski definition) is 7. The summed E-state index contributed by atoms with van der Waals surface area (Å²) in [7, 11) is 1.39. The van der Waals surface area contributed by atoms with Crippen molar-refractivity contribution < 1.29 is 37.3 Å². The smallest absolute Gasteiger partial charge is 0.305 e. The van der Waals surface area contributed by atoms with Crippen molar-refractivity contribution in [2.24, 2.45) is 0 Å². The Morgan fingerprint density at radius 2 is 1.04 bits per heavy atom. The number of carbonyl (C=O) groups excluding carboxylic acids is 1. The third-order valence-electron chi connectivity index (χ3n) is 9.23. The number of unbranched alkanes of at least 4 members (excludes halogenated alkanes) is 20. The molecule has 312 valence electrons. The van der Waals surface area contributed by atoms with Crippen molar-refractivity contribution in [3.63, 3.8) is 0 Å². The summed E-state index contributed by atoms with van der Waals surface area (Å²) in [4.78, 5) is 24.8. The molecule has 0 aliphatic rings. The van der Waals surface area contributed by atoms with Gasteiger partial charge in [-0.05, 0) is 51.4 Å². The number of phosphoric ester groups is 1. The van der Waals surface area contributed by atoms with E-state index < -0.39 is 13.9 Å². The van der Waals surface area contributed by atoms with E-state index in [2.05, 4.69) is 50.3 Å². The number of phosphoric acid groups is 1.